The number of hydrogen-bond donors (Lipinski definition) is 3. The lowest BCUT2D eigenvalue weighted by atomic mass is 10.00. The van der Waals surface area contributed by atoms with E-state index in [4.69, 9.17) is 5.73 Å². The molecule has 1 amide bonds. The van der Waals surface area contributed by atoms with E-state index in [-0.39, 0.29) is 30.2 Å². The number of nitrogens with two attached hydrogens (primary N) is 1. The van der Waals surface area contributed by atoms with E-state index in [1.54, 1.807) is 18.3 Å². The zero-order valence-electron chi connectivity index (χ0n) is 23.7. The number of carbonyl (C=O) groups is 1. The fourth-order valence-corrected chi connectivity index (χ4v) is 5.86. The number of pyridine rings is 1. The first-order chi connectivity index (χ1) is 21.4. The lowest BCUT2D eigenvalue weighted by Gasteiger charge is -2.28. The summed E-state index contributed by atoms with van der Waals surface area (Å²) >= 11 is 0. The molecule has 0 radical (unpaired) electrons. The molecule has 2 saturated heterocycles. The molecular weight excluding hydrogens is 566 g/mol. The molecule has 2 unspecified atom stereocenters. The van der Waals surface area contributed by atoms with E-state index in [2.05, 4.69) is 31.2 Å². The van der Waals surface area contributed by atoms with Crippen LogP contribution in [-0.2, 0) is 0 Å². The van der Waals surface area contributed by atoms with Crippen LogP contribution >= 0.6 is 0 Å². The fraction of sp³-hybridized carbons (Fsp3) is 0.281. The second-order valence-corrected chi connectivity index (χ2v) is 10.9. The van der Waals surface area contributed by atoms with Gasteiger partial charge in [-0.3, -0.25) is 4.79 Å². The minimum atomic E-state index is -0.846. The average Bonchev–Trinajstić information content (AvgIpc) is 3.71. The highest BCUT2D eigenvalue weighted by Gasteiger charge is 2.32. The van der Waals surface area contributed by atoms with Crippen LogP contribution in [0.15, 0.2) is 60.9 Å². The normalized spacial score (nSPS) is 18.0. The molecule has 2 aliphatic heterocycles. The summed E-state index contributed by atoms with van der Waals surface area (Å²) in [6.07, 6.45) is 5.55. The van der Waals surface area contributed by atoms with E-state index in [9.17, 15) is 23.9 Å². The third-order valence-electron chi connectivity index (χ3n) is 8.04. The van der Waals surface area contributed by atoms with Crippen molar-refractivity contribution in [3.05, 3.63) is 83.8 Å². The molecule has 4 aromatic rings. The second-order valence-electron chi connectivity index (χ2n) is 10.9. The largest absolute Gasteiger partial charge is 0.394 e. The predicted octanol–water partition coefficient (Wildman–Crippen LogP) is 4.11. The van der Waals surface area contributed by atoms with Crippen molar-refractivity contribution < 1.29 is 18.7 Å². The summed E-state index contributed by atoms with van der Waals surface area (Å²) in [5, 5.41) is 22.9. The van der Waals surface area contributed by atoms with E-state index in [0.29, 0.717) is 35.5 Å². The van der Waals surface area contributed by atoms with Gasteiger partial charge in [-0.2, -0.15) is 5.26 Å². The zero-order valence-corrected chi connectivity index (χ0v) is 23.7. The van der Waals surface area contributed by atoms with Gasteiger partial charge in [-0.15, -0.1) is 0 Å². The maximum atomic E-state index is 14.4. The first-order valence-electron chi connectivity index (χ1n) is 14.4. The van der Waals surface area contributed by atoms with Gasteiger partial charge in [0.05, 0.1) is 35.2 Å². The number of nitrogens with zero attached hydrogens (tertiary/aromatic N) is 6. The Labute approximate surface area is 252 Å². The van der Waals surface area contributed by atoms with Gasteiger partial charge in [-0.05, 0) is 61.2 Å². The van der Waals surface area contributed by atoms with Crippen LogP contribution in [0.5, 0.6) is 0 Å². The number of anilines is 3. The zero-order chi connectivity index (χ0) is 30.8. The van der Waals surface area contributed by atoms with Gasteiger partial charge in [-0.1, -0.05) is 12.1 Å². The first-order valence-corrected chi connectivity index (χ1v) is 14.4. The topological polar surface area (TPSA) is 144 Å². The lowest BCUT2D eigenvalue weighted by Crippen LogP contribution is -2.33. The van der Waals surface area contributed by atoms with Crippen LogP contribution in [-0.4, -0.2) is 64.3 Å². The molecule has 12 heteroatoms. The second kappa shape index (κ2) is 12.3. The summed E-state index contributed by atoms with van der Waals surface area (Å²) in [6.45, 7) is 2.08. The van der Waals surface area contributed by atoms with E-state index in [1.165, 1.54) is 18.3 Å². The maximum Gasteiger partial charge on any atom is 0.274 e. The minimum absolute atomic E-state index is 0.0966. The molecular formula is C32H30F2N8O2. The molecule has 224 valence electrons. The van der Waals surface area contributed by atoms with E-state index < -0.39 is 23.1 Å². The number of aromatic nitrogens is 3. The van der Waals surface area contributed by atoms with Gasteiger partial charge in [0.1, 0.15) is 29.2 Å². The van der Waals surface area contributed by atoms with E-state index >= 15 is 0 Å². The third-order valence-corrected chi connectivity index (χ3v) is 8.04. The van der Waals surface area contributed by atoms with Crippen molar-refractivity contribution in [3.63, 3.8) is 0 Å². The predicted molar refractivity (Wildman–Crippen MR) is 162 cm³/mol. The van der Waals surface area contributed by atoms with Crippen molar-refractivity contribution >= 4 is 23.1 Å². The van der Waals surface area contributed by atoms with Gasteiger partial charge >= 0.3 is 0 Å². The number of rotatable bonds is 7. The number of carbonyl (C=O) groups excluding carboxylic acids is 1. The molecule has 10 nitrogen and oxygen atoms in total. The molecule has 6 rings (SSSR count). The van der Waals surface area contributed by atoms with Crippen LogP contribution in [0, 0.1) is 23.0 Å². The van der Waals surface area contributed by atoms with Crippen LogP contribution < -0.4 is 20.9 Å². The Kier molecular flexibility index (Phi) is 8.15. The average molecular weight is 597 g/mol. The highest BCUT2D eigenvalue weighted by atomic mass is 19.1. The number of nitriles is 1. The maximum absolute atomic E-state index is 14.4. The third kappa shape index (κ3) is 5.67. The summed E-state index contributed by atoms with van der Waals surface area (Å²) < 4.78 is 28.8. The molecule has 4 heterocycles. The molecule has 44 heavy (non-hydrogen) atoms. The Morgan fingerprint density at radius 3 is 2.61 bits per heavy atom. The van der Waals surface area contributed by atoms with E-state index in [1.807, 2.05) is 17.0 Å². The van der Waals surface area contributed by atoms with Crippen molar-refractivity contribution in [2.45, 2.75) is 31.3 Å². The molecule has 4 N–H and O–H groups in total. The number of aliphatic hydroxyl groups excluding tert-OH is 1. The highest BCUT2D eigenvalue weighted by molar-refractivity contribution is 6.05. The number of halogens is 2. The van der Waals surface area contributed by atoms with Crippen LogP contribution in [0.3, 0.4) is 0 Å². The van der Waals surface area contributed by atoms with Gasteiger partial charge < -0.3 is 26.0 Å². The number of hydrogen-bond acceptors (Lipinski definition) is 9. The minimum Gasteiger partial charge on any atom is -0.394 e. The number of amides is 1. The molecule has 0 aliphatic carbocycles. The van der Waals surface area contributed by atoms with Gasteiger partial charge in [0.25, 0.3) is 5.91 Å². The van der Waals surface area contributed by atoms with Crippen LogP contribution in [0.4, 0.5) is 26.0 Å². The molecule has 2 atom stereocenters. The summed E-state index contributed by atoms with van der Waals surface area (Å²) in [4.78, 5) is 30.2. The van der Waals surface area contributed by atoms with Crippen molar-refractivity contribution in [2.24, 2.45) is 5.73 Å². The van der Waals surface area contributed by atoms with E-state index in [0.717, 1.165) is 49.4 Å². The SMILES string of the molecule is N#Cc1cnc(N2CCCC2)cc1-c1ccc(NC(=O)c2ccnc(-c3c(F)cccc3F)n2)c(N2CC(N)CC2CO)c1. The molecule has 2 aromatic heterocycles. The van der Waals surface area contributed by atoms with Crippen LogP contribution in [0.2, 0.25) is 0 Å². The van der Waals surface area contributed by atoms with Gasteiger partial charge in [0.2, 0.25) is 0 Å². The summed E-state index contributed by atoms with van der Waals surface area (Å²) in [7, 11) is 0. The van der Waals surface area contributed by atoms with Gasteiger partial charge in [-0.25, -0.2) is 23.7 Å². The highest BCUT2D eigenvalue weighted by Crippen LogP contribution is 2.38. The molecule has 0 saturated carbocycles. The Balaban J connectivity index is 1.38. The monoisotopic (exact) mass is 596 g/mol. The quantitative estimate of drug-likeness (QED) is 0.287. The summed E-state index contributed by atoms with van der Waals surface area (Å²) in [5.74, 6) is -1.78. The molecule has 0 spiro atoms. The molecule has 2 aromatic carbocycles. The van der Waals surface area contributed by atoms with Gasteiger partial charge in [0.15, 0.2) is 5.82 Å². The van der Waals surface area contributed by atoms with Gasteiger partial charge in [0, 0.05) is 43.6 Å². The Hall–Kier alpha value is -4.99. The van der Waals surface area contributed by atoms with Crippen molar-refractivity contribution in [1.82, 2.24) is 15.0 Å². The Morgan fingerprint density at radius 2 is 1.89 bits per heavy atom. The Morgan fingerprint density at radius 1 is 1.11 bits per heavy atom. The number of benzene rings is 2. The van der Waals surface area contributed by atoms with Crippen molar-refractivity contribution in [2.75, 3.05) is 41.4 Å². The Bertz CT molecular complexity index is 1730. The molecule has 2 aliphatic rings. The standard InChI is InChI=1S/C32H30F2N8O2/c33-24-4-3-5-25(34)30(24)31-37-9-8-27(39-31)32(44)40-26-7-6-19(12-28(26)42-17-21(36)13-22(42)18-43)23-14-29(38-16-20(23)15-35)41-10-1-2-11-41/h3-9,12,14,16,21-22,43H,1-2,10-11,13,17-18,36H2,(H,40,44). The van der Waals surface area contributed by atoms with Crippen LogP contribution in [0.1, 0.15) is 35.3 Å². The van der Waals surface area contributed by atoms with Crippen molar-refractivity contribution in [1.29, 1.82) is 5.26 Å². The first kappa shape index (κ1) is 29.1. The molecule has 0 bridgehead atoms. The van der Waals surface area contributed by atoms with Crippen molar-refractivity contribution in [3.8, 4) is 28.6 Å². The summed E-state index contributed by atoms with van der Waals surface area (Å²) in [6, 6.07) is 13.8. The molecule has 2 fully saturated rings. The summed E-state index contributed by atoms with van der Waals surface area (Å²) in [5.41, 5.74) is 8.59. The smallest absolute Gasteiger partial charge is 0.274 e. The number of aliphatic hydroxyl groups is 1. The van der Waals surface area contributed by atoms with Crippen LogP contribution in [0.25, 0.3) is 22.5 Å². The fourth-order valence-electron chi connectivity index (χ4n) is 5.86. The number of nitrogens with one attached hydrogen (secondary N) is 1. The lowest BCUT2D eigenvalue weighted by molar-refractivity contribution is 0.102.